The Morgan fingerprint density at radius 2 is 1.67 bits per heavy atom. The van der Waals surface area contributed by atoms with Crippen molar-refractivity contribution in [3.8, 4) is 5.75 Å². The molecule has 1 aliphatic carbocycles. The maximum atomic E-state index is 5.51. The number of halogens is 1. The molecular formula is C16H23BrO. The van der Waals surface area contributed by atoms with Gasteiger partial charge in [-0.3, -0.25) is 0 Å². The number of fused-ring (bicyclic) bond motifs is 1. The molecule has 0 spiro atoms. The van der Waals surface area contributed by atoms with E-state index in [9.17, 15) is 0 Å². The molecule has 100 valence electrons. The molecule has 0 saturated heterocycles. The van der Waals surface area contributed by atoms with Crippen LogP contribution < -0.4 is 4.74 Å². The summed E-state index contributed by atoms with van der Waals surface area (Å²) >= 11 is 3.68. The summed E-state index contributed by atoms with van der Waals surface area (Å²) in [6.45, 7) is 11.6. The van der Waals surface area contributed by atoms with E-state index < -0.39 is 0 Å². The monoisotopic (exact) mass is 310 g/mol. The van der Waals surface area contributed by atoms with E-state index in [0.717, 1.165) is 10.2 Å². The molecule has 1 aliphatic rings. The van der Waals surface area contributed by atoms with Crippen molar-refractivity contribution < 1.29 is 4.74 Å². The van der Waals surface area contributed by atoms with E-state index in [4.69, 9.17) is 4.74 Å². The largest absolute Gasteiger partial charge is 0.496 e. The predicted octanol–water partition coefficient (Wildman–Crippen LogP) is 5.12. The summed E-state index contributed by atoms with van der Waals surface area (Å²) in [7, 11) is 1.74. The van der Waals surface area contributed by atoms with E-state index in [1.54, 1.807) is 7.11 Å². The lowest BCUT2D eigenvalue weighted by Crippen LogP contribution is -2.34. The minimum absolute atomic E-state index is 0.240. The quantitative estimate of drug-likeness (QED) is 0.700. The molecule has 0 unspecified atom stereocenters. The second kappa shape index (κ2) is 4.26. The van der Waals surface area contributed by atoms with Gasteiger partial charge < -0.3 is 4.74 Å². The standard InChI is InChI=1S/C16H23BrO/c1-10-13-11(9-12(18-6)14(10)17)15(2,3)7-8-16(13,4)5/h9H,7-8H2,1-6H3. The first kappa shape index (κ1) is 13.9. The number of hydrogen-bond donors (Lipinski definition) is 0. The smallest absolute Gasteiger partial charge is 0.133 e. The molecule has 0 aliphatic heterocycles. The number of hydrogen-bond acceptors (Lipinski definition) is 1. The normalized spacial score (nSPS) is 20.4. The zero-order chi connectivity index (χ0) is 13.7. The van der Waals surface area contributed by atoms with Crippen LogP contribution in [-0.2, 0) is 10.8 Å². The fourth-order valence-electron chi connectivity index (χ4n) is 3.20. The molecule has 0 heterocycles. The van der Waals surface area contributed by atoms with Crippen LogP contribution >= 0.6 is 15.9 Å². The fourth-order valence-corrected chi connectivity index (χ4v) is 3.68. The third kappa shape index (κ3) is 1.99. The maximum absolute atomic E-state index is 5.51. The van der Waals surface area contributed by atoms with Crippen molar-refractivity contribution >= 4 is 15.9 Å². The zero-order valence-electron chi connectivity index (χ0n) is 12.3. The Kier molecular flexibility index (Phi) is 3.30. The van der Waals surface area contributed by atoms with E-state index in [1.807, 2.05) is 0 Å². The van der Waals surface area contributed by atoms with Gasteiger partial charge in [0.05, 0.1) is 11.6 Å². The van der Waals surface area contributed by atoms with Gasteiger partial charge in [-0.25, -0.2) is 0 Å². The van der Waals surface area contributed by atoms with Crippen molar-refractivity contribution in [2.45, 2.75) is 58.3 Å². The molecule has 0 atom stereocenters. The van der Waals surface area contributed by atoms with Crippen molar-refractivity contribution in [1.29, 1.82) is 0 Å². The van der Waals surface area contributed by atoms with Crippen LogP contribution in [0.2, 0.25) is 0 Å². The summed E-state index contributed by atoms with van der Waals surface area (Å²) in [5, 5.41) is 0. The van der Waals surface area contributed by atoms with E-state index >= 15 is 0 Å². The van der Waals surface area contributed by atoms with Crippen LogP contribution in [-0.4, -0.2) is 7.11 Å². The molecule has 0 radical (unpaired) electrons. The second-order valence-electron chi connectivity index (χ2n) is 6.71. The van der Waals surface area contributed by atoms with E-state index in [-0.39, 0.29) is 10.8 Å². The van der Waals surface area contributed by atoms with Gasteiger partial charge in [-0.05, 0) is 69.3 Å². The molecule has 0 saturated carbocycles. The van der Waals surface area contributed by atoms with Crippen LogP contribution in [0.25, 0.3) is 0 Å². The molecule has 0 aromatic heterocycles. The molecule has 18 heavy (non-hydrogen) atoms. The first-order valence-corrected chi connectivity index (χ1v) is 7.38. The predicted molar refractivity (Wildman–Crippen MR) is 80.7 cm³/mol. The minimum atomic E-state index is 0.240. The molecular weight excluding hydrogens is 288 g/mol. The summed E-state index contributed by atoms with van der Waals surface area (Å²) < 4.78 is 6.61. The van der Waals surface area contributed by atoms with E-state index in [1.165, 1.54) is 29.5 Å². The van der Waals surface area contributed by atoms with Gasteiger partial charge in [0.25, 0.3) is 0 Å². The van der Waals surface area contributed by atoms with Gasteiger partial charge in [-0.15, -0.1) is 0 Å². The number of benzene rings is 1. The molecule has 0 bridgehead atoms. The summed E-state index contributed by atoms with van der Waals surface area (Å²) in [5.41, 5.74) is 4.79. The van der Waals surface area contributed by atoms with Crippen molar-refractivity contribution in [2.75, 3.05) is 7.11 Å². The highest BCUT2D eigenvalue weighted by Crippen LogP contribution is 2.50. The van der Waals surface area contributed by atoms with Gasteiger partial charge in [-0.2, -0.15) is 0 Å². The highest BCUT2D eigenvalue weighted by molar-refractivity contribution is 9.10. The summed E-state index contributed by atoms with van der Waals surface area (Å²) in [6, 6.07) is 2.23. The molecule has 0 amide bonds. The lowest BCUT2D eigenvalue weighted by atomic mass is 9.62. The van der Waals surface area contributed by atoms with Gasteiger partial charge in [0.15, 0.2) is 0 Å². The van der Waals surface area contributed by atoms with Crippen LogP contribution in [0.5, 0.6) is 5.75 Å². The van der Waals surface area contributed by atoms with Crippen molar-refractivity contribution in [2.24, 2.45) is 0 Å². The van der Waals surface area contributed by atoms with Crippen LogP contribution in [0.3, 0.4) is 0 Å². The van der Waals surface area contributed by atoms with Crippen LogP contribution in [0.4, 0.5) is 0 Å². The van der Waals surface area contributed by atoms with Gasteiger partial charge >= 0.3 is 0 Å². The van der Waals surface area contributed by atoms with E-state index in [2.05, 4.69) is 56.6 Å². The van der Waals surface area contributed by atoms with Crippen molar-refractivity contribution in [3.63, 3.8) is 0 Å². The van der Waals surface area contributed by atoms with Crippen LogP contribution in [0, 0.1) is 6.92 Å². The lowest BCUT2D eigenvalue weighted by Gasteiger charge is -2.43. The third-order valence-electron chi connectivity index (χ3n) is 4.47. The molecule has 0 fully saturated rings. The Labute approximate surface area is 119 Å². The molecule has 1 nitrogen and oxygen atoms in total. The van der Waals surface area contributed by atoms with Gasteiger partial charge in [0.2, 0.25) is 0 Å². The molecule has 1 aromatic carbocycles. The Hall–Kier alpha value is -0.500. The molecule has 2 rings (SSSR count). The van der Waals surface area contributed by atoms with Gasteiger partial charge in [0, 0.05) is 0 Å². The van der Waals surface area contributed by atoms with E-state index in [0.29, 0.717) is 0 Å². The first-order chi connectivity index (χ1) is 8.20. The average Bonchev–Trinajstić information content (AvgIpc) is 2.28. The van der Waals surface area contributed by atoms with Crippen LogP contribution in [0.1, 0.15) is 57.2 Å². The highest BCUT2D eigenvalue weighted by Gasteiger charge is 2.39. The number of ether oxygens (including phenoxy) is 1. The summed E-state index contributed by atoms with van der Waals surface area (Å²) in [6.07, 6.45) is 2.48. The minimum Gasteiger partial charge on any atom is -0.496 e. The SMILES string of the molecule is COc1cc2c(c(C)c1Br)C(C)(C)CCC2(C)C. The topological polar surface area (TPSA) is 9.23 Å². The molecule has 1 aromatic rings. The maximum Gasteiger partial charge on any atom is 0.133 e. The Morgan fingerprint density at radius 3 is 2.22 bits per heavy atom. The Morgan fingerprint density at radius 1 is 1.11 bits per heavy atom. The van der Waals surface area contributed by atoms with Crippen molar-refractivity contribution in [3.05, 3.63) is 27.2 Å². The summed E-state index contributed by atoms with van der Waals surface area (Å²) in [4.78, 5) is 0. The zero-order valence-corrected chi connectivity index (χ0v) is 13.9. The molecule has 2 heteroatoms. The van der Waals surface area contributed by atoms with Crippen molar-refractivity contribution in [1.82, 2.24) is 0 Å². The van der Waals surface area contributed by atoms with Gasteiger partial charge in [0.1, 0.15) is 5.75 Å². The number of rotatable bonds is 1. The highest BCUT2D eigenvalue weighted by atomic mass is 79.9. The Balaban J connectivity index is 2.80. The fraction of sp³-hybridized carbons (Fsp3) is 0.625. The average molecular weight is 311 g/mol. The van der Waals surface area contributed by atoms with Gasteiger partial charge in [-0.1, -0.05) is 27.7 Å². The molecule has 0 N–H and O–H groups in total. The second-order valence-corrected chi connectivity index (χ2v) is 7.50. The Bertz CT molecular complexity index is 486. The van der Waals surface area contributed by atoms with Crippen LogP contribution in [0.15, 0.2) is 10.5 Å². The lowest BCUT2D eigenvalue weighted by molar-refractivity contribution is 0.326. The first-order valence-electron chi connectivity index (χ1n) is 6.59. The third-order valence-corrected chi connectivity index (χ3v) is 5.45. The summed E-state index contributed by atoms with van der Waals surface area (Å²) in [5.74, 6) is 0.956. The number of methoxy groups -OCH3 is 1.